The number of anilines is 1. The maximum atomic E-state index is 14.0. The minimum atomic E-state index is -4.63. The van der Waals surface area contributed by atoms with Gasteiger partial charge in [-0.3, -0.25) is 13.9 Å². The number of benzene rings is 3. The van der Waals surface area contributed by atoms with Crippen LogP contribution < -0.4 is 9.04 Å². The van der Waals surface area contributed by atoms with E-state index in [0.29, 0.717) is 31.5 Å². The first-order valence-electron chi connectivity index (χ1n) is 14.7. The third kappa shape index (κ3) is 7.33. The van der Waals surface area contributed by atoms with Gasteiger partial charge in [-0.1, -0.05) is 48.0 Å². The minimum absolute atomic E-state index is 0.0586. The van der Waals surface area contributed by atoms with Crippen molar-refractivity contribution in [1.82, 2.24) is 4.90 Å². The molecule has 8 nitrogen and oxygen atoms in total. The van der Waals surface area contributed by atoms with Crippen LogP contribution in [0.1, 0.15) is 47.9 Å². The molecule has 2 aliphatic rings. The highest BCUT2D eigenvalue weighted by Gasteiger charge is 2.36. The molecule has 0 unspecified atom stereocenters. The quantitative estimate of drug-likeness (QED) is 0.261. The number of hydrogen-bond acceptors (Lipinski definition) is 5. The number of fused-ring (bicyclic) bond motifs is 1. The molecule has 2 aliphatic heterocycles. The maximum absolute atomic E-state index is 14.0. The molecule has 0 radical (unpaired) electrons. The number of carbonyl (C=O) groups excluding carboxylic acids is 1. The number of halogens is 4. The molecule has 1 saturated heterocycles. The fraction of sp³-hybridized carbons (Fsp3) is 0.333. The maximum Gasteiger partial charge on any atom is 0.417 e. The monoisotopic (exact) mass is 676 g/mol. The van der Waals surface area contributed by atoms with Gasteiger partial charge in [-0.2, -0.15) is 13.2 Å². The van der Waals surface area contributed by atoms with Crippen molar-refractivity contribution < 1.29 is 41.0 Å². The zero-order valence-corrected chi connectivity index (χ0v) is 26.4. The van der Waals surface area contributed by atoms with Crippen LogP contribution >= 0.6 is 11.6 Å². The zero-order valence-electron chi connectivity index (χ0n) is 24.8. The SMILES string of the molecule is Cc1cccc(S(=O)(=O)N2C[C@H](CCC(=O)N3CCC(C(=O)O)CC3)Oc3ccc(/C=C/c4c(Cl)cccc4C(F)(F)F)cc32)c1. The molecule has 5 rings (SSSR count). The van der Waals surface area contributed by atoms with E-state index in [0.717, 1.165) is 11.6 Å². The Balaban J connectivity index is 1.42. The number of likely N-dealkylation sites (tertiary alicyclic amines) is 1. The van der Waals surface area contributed by atoms with Gasteiger partial charge in [0.15, 0.2) is 0 Å². The fourth-order valence-corrected chi connectivity index (χ4v) is 7.51. The van der Waals surface area contributed by atoms with Gasteiger partial charge in [-0.25, -0.2) is 8.42 Å². The van der Waals surface area contributed by atoms with E-state index in [-0.39, 0.29) is 52.2 Å². The number of alkyl halides is 3. The molecule has 1 N–H and O–H groups in total. The summed E-state index contributed by atoms with van der Waals surface area (Å²) in [5.41, 5.74) is 0.243. The summed E-state index contributed by atoms with van der Waals surface area (Å²) in [6.07, 6.45) is -1.59. The second-order valence-corrected chi connectivity index (χ2v) is 13.7. The van der Waals surface area contributed by atoms with Crippen molar-refractivity contribution in [3.63, 3.8) is 0 Å². The van der Waals surface area contributed by atoms with Crippen molar-refractivity contribution in [3.8, 4) is 5.75 Å². The Bertz CT molecular complexity index is 1770. The van der Waals surface area contributed by atoms with E-state index in [1.807, 2.05) is 0 Å². The number of amides is 1. The number of carbonyl (C=O) groups is 2. The molecule has 3 aromatic carbocycles. The number of ether oxygens (including phenoxy) is 1. The third-order valence-corrected chi connectivity index (χ3v) is 10.3. The van der Waals surface area contributed by atoms with E-state index < -0.39 is 39.8 Å². The average molecular weight is 677 g/mol. The van der Waals surface area contributed by atoms with Gasteiger partial charge in [-0.15, -0.1) is 0 Å². The van der Waals surface area contributed by atoms with Crippen molar-refractivity contribution in [2.24, 2.45) is 5.92 Å². The molecule has 0 saturated carbocycles. The molecular formula is C33H32ClF3N2O6S. The van der Waals surface area contributed by atoms with Crippen molar-refractivity contribution in [3.05, 3.63) is 87.9 Å². The average Bonchev–Trinajstić information content (AvgIpc) is 3.02. The van der Waals surface area contributed by atoms with E-state index in [2.05, 4.69) is 0 Å². The van der Waals surface area contributed by atoms with E-state index in [9.17, 15) is 36.3 Å². The second kappa shape index (κ2) is 13.4. The van der Waals surface area contributed by atoms with Crippen LogP contribution in [0.25, 0.3) is 12.2 Å². The van der Waals surface area contributed by atoms with Gasteiger partial charge < -0.3 is 14.7 Å². The Hall–Kier alpha value is -4.03. The predicted octanol–water partition coefficient (Wildman–Crippen LogP) is 6.90. The molecule has 244 valence electrons. The van der Waals surface area contributed by atoms with Gasteiger partial charge in [0.25, 0.3) is 10.0 Å². The number of aliphatic carboxylic acids is 1. The summed E-state index contributed by atoms with van der Waals surface area (Å²) >= 11 is 6.11. The number of rotatable bonds is 8. The van der Waals surface area contributed by atoms with Crippen molar-refractivity contribution in [1.29, 1.82) is 0 Å². The van der Waals surface area contributed by atoms with Gasteiger partial charge in [-0.05, 0) is 73.7 Å². The summed E-state index contributed by atoms with van der Waals surface area (Å²) in [6.45, 7) is 2.35. The second-order valence-electron chi connectivity index (χ2n) is 11.4. The molecule has 0 aromatic heterocycles. The number of sulfonamides is 1. The van der Waals surface area contributed by atoms with E-state index in [4.69, 9.17) is 16.3 Å². The lowest BCUT2D eigenvalue weighted by Crippen LogP contribution is -2.44. The Labute approximate surface area is 270 Å². The molecule has 13 heteroatoms. The van der Waals surface area contributed by atoms with Gasteiger partial charge in [0.1, 0.15) is 11.9 Å². The normalized spacial score (nSPS) is 17.5. The first-order valence-corrected chi connectivity index (χ1v) is 16.5. The molecule has 1 amide bonds. The third-order valence-electron chi connectivity index (χ3n) is 8.17. The highest BCUT2D eigenvalue weighted by molar-refractivity contribution is 7.92. The van der Waals surface area contributed by atoms with Crippen LogP contribution in [0.4, 0.5) is 18.9 Å². The molecule has 1 atom stereocenters. The molecule has 0 aliphatic carbocycles. The summed E-state index contributed by atoms with van der Waals surface area (Å²) in [5, 5.41) is 9.15. The number of piperidine rings is 1. The molecular weight excluding hydrogens is 645 g/mol. The minimum Gasteiger partial charge on any atom is -0.486 e. The zero-order chi connectivity index (χ0) is 33.2. The molecule has 2 heterocycles. The number of nitrogens with zero attached hydrogens (tertiary/aromatic N) is 2. The Morgan fingerprint density at radius 2 is 1.76 bits per heavy atom. The van der Waals surface area contributed by atoms with Crippen LogP contribution in [0, 0.1) is 12.8 Å². The van der Waals surface area contributed by atoms with Gasteiger partial charge in [0.2, 0.25) is 5.91 Å². The van der Waals surface area contributed by atoms with Crippen LogP contribution in [0.3, 0.4) is 0 Å². The van der Waals surface area contributed by atoms with E-state index in [1.165, 1.54) is 40.7 Å². The summed E-state index contributed by atoms with van der Waals surface area (Å²) in [5.74, 6) is -1.26. The Morgan fingerprint density at radius 3 is 2.43 bits per heavy atom. The van der Waals surface area contributed by atoms with Crippen LogP contribution in [-0.4, -0.2) is 56.0 Å². The highest BCUT2D eigenvalue weighted by atomic mass is 35.5. The van der Waals surface area contributed by atoms with E-state index >= 15 is 0 Å². The Kier molecular flexibility index (Phi) is 9.69. The van der Waals surface area contributed by atoms with Gasteiger partial charge >= 0.3 is 12.1 Å². The van der Waals surface area contributed by atoms with Crippen molar-refractivity contribution in [2.45, 2.75) is 49.8 Å². The van der Waals surface area contributed by atoms with E-state index in [1.54, 1.807) is 42.2 Å². The Morgan fingerprint density at radius 1 is 1.04 bits per heavy atom. The molecule has 1 fully saturated rings. The summed E-state index contributed by atoms with van der Waals surface area (Å²) < 4.78 is 76.2. The fourth-order valence-electron chi connectivity index (χ4n) is 5.67. The molecule has 0 spiro atoms. The standard InChI is InChI=1S/C33H32ClF3N2O6S/c1-21-4-2-5-25(18-21)46(43,44)39-20-24(10-13-31(40)38-16-14-23(15-17-38)32(41)42)45-30-12-9-22(19-29(30)39)8-11-26-27(33(35,36)37)6-3-7-28(26)34/h2-9,11-12,18-19,23-24H,10,13-17,20H2,1H3,(H,41,42)/b11-8+/t24-/m0/s1. The van der Waals surface area contributed by atoms with Gasteiger partial charge in [0.05, 0.1) is 28.6 Å². The highest BCUT2D eigenvalue weighted by Crippen LogP contribution is 2.40. The topological polar surface area (TPSA) is 104 Å². The summed E-state index contributed by atoms with van der Waals surface area (Å²) in [4.78, 5) is 25.9. The van der Waals surface area contributed by atoms with Crippen molar-refractivity contribution in [2.75, 3.05) is 23.9 Å². The molecule has 46 heavy (non-hydrogen) atoms. The summed E-state index contributed by atoms with van der Waals surface area (Å²) in [6, 6.07) is 14.6. The van der Waals surface area contributed by atoms with Crippen molar-refractivity contribution >= 4 is 51.3 Å². The summed E-state index contributed by atoms with van der Waals surface area (Å²) in [7, 11) is -4.11. The van der Waals surface area contributed by atoms with Crippen LogP contribution in [0.5, 0.6) is 5.75 Å². The van der Waals surface area contributed by atoms with Crippen LogP contribution in [-0.2, 0) is 25.8 Å². The number of carboxylic acids is 1. The lowest BCUT2D eigenvalue weighted by molar-refractivity contribution is -0.145. The largest absolute Gasteiger partial charge is 0.486 e. The number of aryl methyl sites for hydroxylation is 1. The van der Waals surface area contributed by atoms with Crippen LogP contribution in [0.15, 0.2) is 65.6 Å². The first kappa shape index (κ1) is 33.3. The first-order chi connectivity index (χ1) is 21.7. The molecule has 0 bridgehead atoms. The van der Waals surface area contributed by atoms with Crippen LogP contribution in [0.2, 0.25) is 5.02 Å². The number of carboxylic acid groups (broad SMARTS) is 1. The van der Waals surface area contributed by atoms with Gasteiger partial charge in [0, 0.05) is 30.1 Å². The lowest BCUT2D eigenvalue weighted by Gasteiger charge is -2.36. The smallest absolute Gasteiger partial charge is 0.417 e. The predicted molar refractivity (Wildman–Crippen MR) is 168 cm³/mol. The molecule has 3 aromatic rings. The number of hydrogen-bond donors (Lipinski definition) is 1. The lowest BCUT2D eigenvalue weighted by atomic mass is 9.97.